The van der Waals surface area contributed by atoms with Crippen molar-refractivity contribution >= 4 is 16.5 Å². The van der Waals surface area contributed by atoms with Crippen LogP contribution in [0.2, 0.25) is 0 Å². The molecule has 0 saturated carbocycles. The van der Waals surface area contributed by atoms with E-state index in [9.17, 15) is 5.11 Å². The second-order valence-corrected chi connectivity index (χ2v) is 6.17. The lowest BCUT2D eigenvalue weighted by molar-refractivity contribution is 0.449. The van der Waals surface area contributed by atoms with Gasteiger partial charge in [0, 0.05) is 0 Å². The number of hydrogen-bond acceptors (Lipinski definition) is 4. The van der Waals surface area contributed by atoms with Gasteiger partial charge in [0.15, 0.2) is 5.13 Å². The number of anilines is 1. The maximum atomic E-state index is 9.78. The second-order valence-electron chi connectivity index (χ2n) is 5.14. The van der Waals surface area contributed by atoms with Gasteiger partial charge in [-0.1, -0.05) is 55.0 Å². The summed E-state index contributed by atoms with van der Waals surface area (Å²) < 4.78 is 0. The van der Waals surface area contributed by atoms with Crippen molar-refractivity contribution in [3.05, 3.63) is 40.3 Å². The van der Waals surface area contributed by atoms with Gasteiger partial charge >= 0.3 is 0 Å². The third-order valence-corrected chi connectivity index (χ3v) is 4.35. The van der Waals surface area contributed by atoms with Crippen LogP contribution in [-0.2, 0) is 0 Å². The van der Waals surface area contributed by atoms with E-state index in [1.807, 2.05) is 0 Å². The minimum absolute atomic E-state index is 0.151. The zero-order chi connectivity index (χ0) is 14.0. The Bertz CT molecular complexity index is 546. The number of aryl methyl sites for hydroxylation is 1. The quantitative estimate of drug-likeness (QED) is 0.867. The lowest BCUT2D eigenvalue weighted by Gasteiger charge is -2.13. The Hall–Kier alpha value is -1.55. The Morgan fingerprint density at radius 3 is 2.32 bits per heavy atom. The number of aromatic nitrogens is 1. The fraction of sp³-hybridized carbons (Fsp3) is 0.400. The van der Waals surface area contributed by atoms with Crippen LogP contribution in [-0.4, -0.2) is 10.1 Å². The summed E-state index contributed by atoms with van der Waals surface area (Å²) in [6.45, 7) is 8.29. The van der Waals surface area contributed by atoms with Crippen LogP contribution in [0.4, 0.5) is 5.13 Å². The second kappa shape index (κ2) is 5.61. The summed E-state index contributed by atoms with van der Waals surface area (Å²) in [6.07, 6.45) is 0. The van der Waals surface area contributed by atoms with E-state index in [4.69, 9.17) is 0 Å². The predicted octanol–water partition coefficient (Wildman–Crippen LogP) is 4.45. The van der Waals surface area contributed by atoms with Crippen molar-refractivity contribution in [2.75, 3.05) is 5.32 Å². The van der Waals surface area contributed by atoms with Crippen molar-refractivity contribution in [3.63, 3.8) is 0 Å². The molecule has 1 aromatic carbocycles. The van der Waals surface area contributed by atoms with Crippen molar-refractivity contribution in [1.82, 2.24) is 4.98 Å². The van der Waals surface area contributed by atoms with Crippen molar-refractivity contribution in [1.29, 1.82) is 0 Å². The van der Waals surface area contributed by atoms with Crippen LogP contribution in [0.15, 0.2) is 24.3 Å². The first-order chi connectivity index (χ1) is 8.97. The molecule has 0 aliphatic carbocycles. The molecule has 4 heteroatoms. The number of thiazole rings is 1. The van der Waals surface area contributed by atoms with Crippen molar-refractivity contribution in [3.8, 4) is 5.88 Å². The monoisotopic (exact) mass is 276 g/mol. The molecular formula is C15H20N2OS. The third-order valence-electron chi connectivity index (χ3n) is 3.08. The van der Waals surface area contributed by atoms with E-state index >= 15 is 0 Å². The highest BCUT2D eigenvalue weighted by molar-refractivity contribution is 7.16. The average molecular weight is 276 g/mol. The zero-order valence-electron chi connectivity index (χ0n) is 11.8. The van der Waals surface area contributed by atoms with E-state index in [-0.39, 0.29) is 11.9 Å². The van der Waals surface area contributed by atoms with Crippen LogP contribution in [0.3, 0.4) is 0 Å². The molecule has 0 unspecified atom stereocenters. The summed E-state index contributed by atoms with van der Waals surface area (Å²) in [5.41, 5.74) is 2.47. The Morgan fingerprint density at radius 2 is 1.79 bits per heavy atom. The first kappa shape index (κ1) is 13.9. The molecule has 2 rings (SSSR count). The number of rotatable bonds is 4. The molecule has 0 amide bonds. The minimum atomic E-state index is 0.151. The highest BCUT2D eigenvalue weighted by atomic mass is 32.1. The molecule has 3 nitrogen and oxygen atoms in total. The molecule has 0 saturated heterocycles. The van der Waals surface area contributed by atoms with Gasteiger partial charge in [0.2, 0.25) is 5.88 Å². The molecule has 102 valence electrons. The molecule has 1 heterocycles. The summed E-state index contributed by atoms with van der Waals surface area (Å²) >= 11 is 1.52. The molecule has 0 aliphatic rings. The number of aromatic hydroxyl groups is 1. The van der Waals surface area contributed by atoms with E-state index in [2.05, 4.69) is 62.3 Å². The van der Waals surface area contributed by atoms with Gasteiger partial charge in [-0.25, -0.2) is 0 Å². The van der Waals surface area contributed by atoms with Crippen LogP contribution < -0.4 is 5.32 Å². The number of benzene rings is 1. The predicted molar refractivity (Wildman–Crippen MR) is 81.1 cm³/mol. The van der Waals surface area contributed by atoms with E-state index in [0.29, 0.717) is 5.92 Å². The molecule has 0 fully saturated rings. The number of hydrogen-bond donors (Lipinski definition) is 2. The fourth-order valence-corrected chi connectivity index (χ4v) is 2.83. The molecule has 2 aromatic rings. The molecule has 2 N–H and O–H groups in total. The number of nitrogens with one attached hydrogen (secondary N) is 1. The molecule has 0 aliphatic heterocycles. The molecular weight excluding hydrogens is 256 g/mol. The van der Waals surface area contributed by atoms with E-state index in [1.165, 1.54) is 22.5 Å². The Labute approximate surface area is 118 Å². The Balaban J connectivity index is 2.12. The van der Waals surface area contributed by atoms with Gasteiger partial charge in [-0.05, 0) is 25.3 Å². The topological polar surface area (TPSA) is 45.2 Å². The van der Waals surface area contributed by atoms with Crippen LogP contribution in [0.25, 0.3) is 0 Å². The van der Waals surface area contributed by atoms with Gasteiger partial charge in [0.25, 0.3) is 0 Å². The summed E-state index contributed by atoms with van der Waals surface area (Å²) in [6, 6.07) is 8.61. The highest BCUT2D eigenvalue weighted by Crippen LogP contribution is 2.35. The average Bonchev–Trinajstić information content (AvgIpc) is 2.71. The standard InChI is InChI=1S/C15H20N2OS/c1-9(2)13-14(18)17-15(19-13)16-11(4)12-7-5-10(3)6-8-12/h5-9,11,18H,1-4H3,(H,16,17)/t11-/m0/s1. The highest BCUT2D eigenvalue weighted by Gasteiger charge is 2.15. The minimum Gasteiger partial charge on any atom is -0.492 e. The van der Waals surface area contributed by atoms with Crippen molar-refractivity contribution < 1.29 is 5.11 Å². The molecule has 19 heavy (non-hydrogen) atoms. The smallest absolute Gasteiger partial charge is 0.227 e. The van der Waals surface area contributed by atoms with Crippen LogP contribution in [0.5, 0.6) is 5.88 Å². The maximum absolute atomic E-state index is 9.78. The van der Waals surface area contributed by atoms with E-state index < -0.39 is 0 Å². The Morgan fingerprint density at radius 1 is 1.16 bits per heavy atom. The molecule has 0 spiro atoms. The molecule has 0 radical (unpaired) electrons. The zero-order valence-corrected chi connectivity index (χ0v) is 12.6. The lowest BCUT2D eigenvalue weighted by atomic mass is 10.1. The lowest BCUT2D eigenvalue weighted by Crippen LogP contribution is -2.05. The molecule has 1 atom stereocenters. The third kappa shape index (κ3) is 3.26. The van der Waals surface area contributed by atoms with E-state index in [1.54, 1.807) is 0 Å². The summed E-state index contributed by atoms with van der Waals surface area (Å²) in [7, 11) is 0. The summed E-state index contributed by atoms with van der Waals surface area (Å²) in [5, 5.41) is 13.9. The van der Waals surface area contributed by atoms with Crippen LogP contribution >= 0.6 is 11.3 Å². The summed E-state index contributed by atoms with van der Waals surface area (Å²) in [4.78, 5) is 5.11. The molecule has 1 aromatic heterocycles. The van der Waals surface area contributed by atoms with Crippen molar-refractivity contribution in [2.24, 2.45) is 0 Å². The van der Waals surface area contributed by atoms with Gasteiger partial charge in [-0.15, -0.1) is 0 Å². The fourth-order valence-electron chi connectivity index (χ4n) is 1.89. The summed E-state index contributed by atoms with van der Waals surface area (Å²) in [5.74, 6) is 0.446. The number of nitrogens with zero attached hydrogens (tertiary/aromatic N) is 1. The van der Waals surface area contributed by atoms with E-state index in [0.717, 1.165) is 10.0 Å². The van der Waals surface area contributed by atoms with Gasteiger partial charge in [-0.2, -0.15) is 4.98 Å². The first-order valence-electron chi connectivity index (χ1n) is 6.50. The first-order valence-corrected chi connectivity index (χ1v) is 7.32. The van der Waals surface area contributed by atoms with Crippen LogP contribution in [0.1, 0.15) is 48.7 Å². The normalized spacial score (nSPS) is 12.7. The van der Waals surface area contributed by atoms with Gasteiger partial charge < -0.3 is 10.4 Å². The maximum Gasteiger partial charge on any atom is 0.227 e. The largest absolute Gasteiger partial charge is 0.492 e. The Kier molecular flexibility index (Phi) is 4.10. The van der Waals surface area contributed by atoms with Gasteiger partial charge in [0.1, 0.15) is 0 Å². The molecule has 0 bridgehead atoms. The van der Waals surface area contributed by atoms with Crippen molar-refractivity contribution in [2.45, 2.75) is 39.7 Å². The SMILES string of the molecule is Cc1ccc([C@H](C)Nc2nc(O)c(C(C)C)s2)cc1. The van der Waals surface area contributed by atoms with Crippen LogP contribution in [0, 0.1) is 6.92 Å². The van der Waals surface area contributed by atoms with Gasteiger partial charge in [-0.3, -0.25) is 0 Å². The van der Waals surface area contributed by atoms with Gasteiger partial charge in [0.05, 0.1) is 10.9 Å².